The summed E-state index contributed by atoms with van der Waals surface area (Å²) in [5, 5.41) is 24.4. The van der Waals surface area contributed by atoms with Crippen LogP contribution in [-0.4, -0.2) is 34.1 Å². The van der Waals surface area contributed by atoms with Crippen molar-refractivity contribution in [1.82, 2.24) is 10.3 Å². The zero-order valence-electron chi connectivity index (χ0n) is 12.3. The van der Waals surface area contributed by atoms with E-state index in [2.05, 4.69) is 10.3 Å². The van der Waals surface area contributed by atoms with Crippen molar-refractivity contribution in [2.75, 3.05) is 13.2 Å². The zero-order valence-corrected chi connectivity index (χ0v) is 13.9. The van der Waals surface area contributed by atoms with Crippen LogP contribution in [0.5, 0.6) is 0 Å². The second-order valence-corrected chi connectivity index (χ2v) is 6.78. The van der Waals surface area contributed by atoms with Crippen LogP contribution in [0.1, 0.15) is 22.5 Å². The maximum Gasteiger partial charge on any atom is 0.284 e. The lowest BCUT2D eigenvalue weighted by Crippen LogP contribution is -2.25. The van der Waals surface area contributed by atoms with Crippen LogP contribution in [0.4, 0.5) is 5.69 Å². The molecule has 0 aliphatic carbocycles. The Morgan fingerprint density at radius 1 is 1.52 bits per heavy atom. The van der Waals surface area contributed by atoms with Gasteiger partial charge in [-0.05, 0) is 25.5 Å². The Balaban J connectivity index is 2.20. The molecule has 9 heteroatoms. The zero-order chi connectivity index (χ0) is 16.8. The highest BCUT2D eigenvalue weighted by atomic mass is 32.2. The number of nitro benzene ring substituents is 1. The van der Waals surface area contributed by atoms with Crippen molar-refractivity contribution < 1.29 is 14.8 Å². The van der Waals surface area contributed by atoms with Gasteiger partial charge in [-0.15, -0.1) is 11.3 Å². The summed E-state index contributed by atoms with van der Waals surface area (Å²) in [6.07, 6.45) is 0.436. The molecule has 0 spiro atoms. The van der Waals surface area contributed by atoms with Crippen molar-refractivity contribution in [2.24, 2.45) is 0 Å². The van der Waals surface area contributed by atoms with Gasteiger partial charge in [0.05, 0.1) is 9.82 Å². The predicted octanol–water partition coefficient (Wildman–Crippen LogP) is 2.62. The molecule has 1 aromatic carbocycles. The Morgan fingerprint density at radius 3 is 2.91 bits per heavy atom. The summed E-state index contributed by atoms with van der Waals surface area (Å²) in [6.45, 7) is 2.15. The van der Waals surface area contributed by atoms with Crippen LogP contribution in [0, 0.1) is 17.0 Å². The first-order valence-electron chi connectivity index (χ1n) is 6.78. The first kappa shape index (κ1) is 17.4. The lowest BCUT2D eigenvalue weighted by atomic mass is 10.2. The minimum Gasteiger partial charge on any atom is -0.396 e. The molecule has 0 bridgehead atoms. The van der Waals surface area contributed by atoms with E-state index in [1.54, 1.807) is 12.1 Å². The van der Waals surface area contributed by atoms with Gasteiger partial charge in [-0.3, -0.25) is 14.9 Å². The topological polar surface area (TPSA) is 105 Å². The van der Waals surface area contributed by atoms with Crippen molar-refractivity contribution in [2.45, 2.75) is 22.6 Å². The first-order chi connectivity index (χ1) is 11.0. The molecule has 1 aromatic heterocycles. The highest BCUT2D eigenvalue weighted by Gasteiger charge is 2.19. The van der Waals surface area contributed by atoms with E-state index in [0.29, 0.717) is 22.2 Å². The van der Waals surface area contributed by atoms with Gasteiger partial charge in [0.2, 0.25) is 0 Å². The number of aryl methyl sites for hydroxylation is 1. The second kappa shape index (κ2) is 8.04. The summed E-state index contributed by atoms with van der Waals surface area (Å²) in [7, 11) is 0. The number of aromatic nitrogens is 1. The van der Waals surface area contributed by atoms with Gasteiger partial charge >= 0.3 is 0 Å². The summed E-state index contributed by atoms with van der Waals surface area (Å²) in [6, 6.07) is 4.36. The third kappa shape index (κ3) is 4.75. The molecule has 122 valence electrons. The molecule has 2 rings (SSSR count). The normalized spacial score (nSPS) is 10.5. The maximum atomic E-state index is 11.9. The van der Waals surface area contributed by atoms with Gasteiger partial charge in [-0.1, -0.05) is 11.8 Å². The Morgan fingerprint density at radius 2 is 2.30 bits per heavy atom. The second-order valence-electron chi connectivity index (χ2n) is 4.63. The minimum atomic E-state index is -0.507. The number of aliphatic hydroxyl groups excluding tert-OH is 1. The highest BCUT2D eigenvalue weighted by molar-refractivity contribution is 8.01. The number of aliphatic hydroxyl groups is 1. The summed E-state index contributed by atoms with van der Waals surface area (Å²) in [5.41, 5.74) is 0.951. The van der Waals surface area contributed by atoms with E-state index in [9.17, 15) is 14.9 Å². The van der Waals surface area contributed by atoms with Crippen LogP contribution < -0.4 is 5.32 Å². The molecule has 1 heterocycles. The monoisotopic (exact) mass is 353 g/mol. The van der Waals surface area contributed by atoms with Crippen LogP contribution >= 0.6 is 23.1 Å². The van der Waals surface area contributed by atoms with Gasteiger partial charge in [0.15, 0.2) is 4.34 Å². The molecule has 7 nitrogen and oxygen atoms in total. The number of benzene rings is 1. The number of rotatable bonds is 7. The molecule has 0 fully saturated rings. The first-order valence-corrected chi connectivity index (χ1v) is 8.48. The Kier molecular flexibility index (Phi) is 6.08. The van der Waals surface area contributed by atoms with E-state index >= 15 is 0 Å². The number of hydrogen-bond donors (Lipinski definition) is 2. The molecule has 0 aliphatic heterocycles. The molecule has 0 atom stereocenters. The fourth-order valence-electron chi connectivity index (χ4n) is 1.74. The van der Waals surface area contributed by atoms with Crippen LogP contribution in [0.3, 0.4) is 0 Å². The molecule has 23 heavy (non-hydrogen) atoms. The predicted molar refractivity (Wildman–Crippen MR) is 88.1 cm³/mol. The van der Waals surface area contributed by atoms with Crippen LogP contribution in [-0.2, 0) is 0 Å². The van der Waals surface area contributed by atoms with Gasteiger partial charge in [0, 0.05) is 35.9 Å². The summed E-state index contributed by atoms with van der Waals surface area (Å²) >= 11 is 2.62. The van der Waals surface area contributed by atoms with Crippen molar-refractivity contribution in [3.05, 3.63) is 45.0 Å². The highest BCUT2D eigenvalue weighted by Crippen LogP contribution is 2.36. The average Bonchev–Trinajstić information content (AvgIpc) is 2.92. The molecule has 0 saturated heterocycles. The molecule has 0 radical (unpaired) electrons. The van der Waals surface area contributed by atoms with Gasteiger partial charge in [0.1, 0.15) is 0 Å². The molecular weight excluding hydrogens is 338 g/mol. The summed E-state index contributed by atoms with van der Waals surface area (Å²) in [5.74, 6) is -0.400. The van der Waals surface area contributed by atoms with Crippen molar-refractivity contribution in [1.29, 1.82) is 0 Å². The molecule has 2 N–H and O–H groups in total. The lowest BCUT2D eigenvalue weighted by Gasteiger charge is -2.06. The Hall–Kier alpha value is -1.97. The van der Waals surface area contributed by atoms with Gasteiger partial charge in [-0.25, -0.2) is 4.98 Å². The number of nitrogens with one attached hydrogen (secondary N) is 1. The van der Waals surface area contributed by atoms with Crippen molar-refractivity contribution in [3.8, 4) is 0 Å². The fourth-order valence-corrected chi connectivity index (χ4v) is 3.62. The van der Waals surface area contributed by atoms with Gasteiger partial charge in [0.25, 0.3) is 11.6 Å². The summed E-state index contributed by atoms with van der Waals surface area (Å²) in [4.78, 5) is 27.4. The third-order valence-corrected chi connectivity index (χ3v) is 4.96. The largest absolute Gasteiger partial charge is 0.396 e. The number of thiazole rings is 1. The SMILES string of the molecule is Cc1csc(Sc2ccc(C(=O)NCCCO)cc2[N+](=O)[O-])n1. The number of nitrogens with zero attached hydrogens (tertiary/aromatic N) is 2. The number of carbonyl (C=O) groups excluding carboxylic acids is 1. The van der Waals surface area contributed by atoms with Gasteiger partial charge < -0.3 is 10.4 Å². The third-order valence-electron chi connectivity index (χ3n) is 2.83. The molecule has 1 amide bonds. The molecule has 0 unspecified atom stereocenters. The van der Waals surface area contributed by atoms with Crippen molar-refractivity contribution >= 4 is 34.7 Å². The van der Waals surface area contributed by atoms with E-state index < -0.39 is 10.8 Å². The number of carbonyl (C=O) groups is 1. The fraction of sp³-hybridized carbons (Fsp3) is 0.286. The van der Waals surface area contributed by atoms with Crippen LogP contribution in [0.25, 0.3) is 0 Å². The number of hydrogen-bond acceptors (Lipinski definition) is 7. The Labute approximate surface area is 140 Å². The van der Waals surface area contributed by atoms with Crippen LogP contribution in [0.2, 0.25) is 0 Å². The minimum absolute atomic E-state index is 0.0246. The van der Waals surface area contributed by atoms with E-state index in [-0.39, 0.29) is 17.9 Å². The van der Waals surface area contributed by atoms with Crippen molar-refractivity contribution in [3.63, 3.8) is 0 Å². The standard InChI is InChI=1S/C14H15N3O4S2/c1-9-8-22-14(16-9)23-12-4-3-10(7-11(12)17(20)21)13(19)15-5-2-6-18/h3-4,7-8,18H,2,5-6H2,1H3,(H,15,19). The van der Waals surface area contributed by atoms with E-state index in [4.69, 9.17) is 5.11 Å². The average molecular weight is 353 g/mol. The molecular formula is C14H15N3O4S2. The maximum absolute atomic E-state index is 11.9. The van der Waals surface area contributed by atoms with E-state index in [0.717, 1.165) is 5.69 Å². The molecule has 0 saturated carbocycles. The van der Waals surface area contributed by atoms with Crippen LogP contribution in [0.15, 0.2) is 32.8 Å². The van der Waals surface area contributed by atoms with Gasteiger partial charge in [-0.2, -0.15) is 0 Å². The number of amides is 1. The smallest absolute Gasteiger partial charge is 0.284 e. The van der Waals surface area contributed by atoms with E-state index in [1.807, 2.05) is 12.3 Å². The Bertz CT molecular complexity index is 718. The number of nitro groups is 1. The molecule has 2 aromatic rings. The lowest BCUT2D eigenvalue weighted by molar-refractivity contribution is -0.387. The summed E-state index contributed by atoms with van der Waals surface area (Å²) < 4.78 is 0.714. The quantitative estimate of drug-likeness (QED) is 0.450. The molecule has 0 aliphatic rings. The van der Waals surface area contributed by atoms with E-state index in [1.165, 1.54) is 29.2 Å².